The number of rotatable bonds is 3. The fourth-order valence-electron chi connectivity index (χ4n) is 3.15. The summed E-state index contributed by atoms with van der Waals surface area (Å²) >= 11 is 0. The zero-order valence-corrected chi connectivity index (χ0v) is 15.6. The SMILES string of the molecule is CC(=O)c1cccc(N2CCN(C(=O)Nc3cc(C)ccc3C)CC2)c1. The molecule has 1 heterocycles. The van der Waals surface area contributed by atoms with Gasteiger partial charge in [-0.15, -0.1) is 0 Å². The predicted molar refractivity (Wildman–Crippen MR) is 105 cm³/mol. The van der Waals surface area contributed by atoms with Crippen LogP contribution in [0.2, 0.25) is 0 Å². The Kier molecular flexibility index (Phi) is 5.26. The molecule has 0 radical (unpaired) electrons. The van der Waals surface area contributed by atoms with Gasteiger partial charge in [-0.1, -0.05) is 24.3 Å². The Balaban J connectivity index is 1.61. The minimum Gasteiger partial charge on any atom is -0.368 e. The summed E-state index contributed by atoms with van der Waals surface area (Å²) in [5.41, 5.74) is 4.81. The summed E-state index contributed by atoms with van der Waals surface area (Å²) in [5, 5.41) is 3.02. The number of amides is 2. The molecule has 2 aromatic rings. The van der Waals surface area contributed by atoms with E-state index in [9.17, 15) is 9.59 Å². The molecule has 0 aliphatic carbocycles. The molecule has 1 N–H and O–H groups in total. The number of carbonyl (C=O) groups is 2. The molecule has 0 unspecified atom stereocenters. The van der Waals surface area contributed by atoms with E-state index in [4.69, 9.17) is 0 Å². The number of carbonyl (C=O) groups excluding carboxylic acids is 2. The number of hydrogen-bond acceptors (Lipinski definition) is 3. The Labute approximate surface area is 154 Å². The number of ketones is 1. The average molecular weight is 351 g/mol. The van der Waals surface area contributed by atoms with Gasteiger partial charge in [0.25, 0.3) is 0 Å². The fourth-order valence-corrected chi connectivity index (χ4v) is 3.15. The van der Waals surface area contributed by atoms with Crippen LogP contribution in [0.25, 0.3) is 0 Å². The van der Waals surface area contributed by atoms with Gasteiger partial charge in [0.1, 0.15) is 0 Å². The molecule has 1 fully saturated rings. The first-order chi connectivity index (χ1) is 12.4. The highest BCUT2D eigenvalue weighted by Crippen LogP contribution is 2.20. The second kappa shape index (κ2) is 7.60. The van der Waals surface area contributed by atoms with Crippen molar-refractivity contribution in [2.45, 2.75) is 20.8 Å². The van der Waals surface area contributed by atoms with Crippen LogP contribution in [0.5, 0.6) is 0 Å². The first-order valence-electron chi connectivity index (χ1n) is 8.93. The van der Waals surface area contributed by atoms with Crippen molar-refractivity contribution in [3.05, 3.63) is 59.2 Å². The highest BCUT2D eigenvalue weighted by Gasteiger charge is 2.22. The van der Waals surface area contributed by atoms with E-state index in [1.165, 1.54) is 0 Å². The Morgan fingerprint density at radius 3 is 2.38 bits per heavy atom. The summed E-state index contributed by atoms with van der Waals surface area (Å²) < 4.78 is 0. The number of nitrogens with one attached hydrogen (secondary N) is 1. The van der Waals surface area contributed by atoms with Gasteiger partial charge in [-0.25, -0.2) is 4.79 Å². The number of anilines is 2. The highest BCUT2D eigenvalue weighted by molar-refractivity contribution is 5.95. The van der Waals surface area contributed by atoms with Crippen molar-refractivity contribution in [2.75, 3.05) is 36.4 Å². The number of benzene rings is 2. The average Bonchev–Trinajstić information content (AvgIpc) is 2.65. The minimum atomic E-state index is -0.0594. The van der Waals surface area contributed by atoms with Crippen molar-refractivity contribution in [2.24, 2.45) is 0 Å². The number of urea groups is 1. The lowest BCUT2D eigenvalue weighted by molar-refractivity contribution is 0.101. The second-order valence-electron chi connectivity index (χ2n) is 6.83. The lowest BCUT2D eigenvalue weighted by Gasteiger charge is -2.36. The van der Waals surface area contributed by atoms with Crippen LogP contribution in [0.15, 0.2) is 42.5 Å². The predicted octanol–water partition coefficient (Wildman–Crippen LogP) is 3.86. The Hall–Kier alpha value is -2.82. The fraction of sp³-hybridized carbons (Fsp3) is 0.333. The molecule has 0 atom stereocenters. The zero-order valence-electron chi connectivity index (χ0n) is 15.6. The summed E-state index contributed by atoms with van der Waals surface area (Å²) in [7, 11) is 0. The van der Waals surface area contributed by atoms with Crippen LogP contribution in [-0.4, -0.2) is 42.9 Å². The summed E-state index contributed by atoms with van der Waals surface area (Å²) in [6.07, 6.45) is 0. The Morgan fingerprint density at radius 2 is 1.69 bits per heavy atom. The molecule has 0 saturated carbocycles. The lowest BCUT2D eigenvalue weighted by atomic mass is 10.1. The normalized spacial score (nSPS) is 14.3. The van der Waals surface area contributed by atoms with E-state index in [0.29, 0.717) is 13.1 Å². The third-order valence-electron chi connectivity index (χ3n) is 4.82. The van der Waals surface area contributed by atoms with Crippen molar-refractivity contribution in [3.8, 4) is 0 Å². The minimum absolute atomic E-state index is 0.0594. The standard InChI is InChI=1S/C21H25N3O2/c1-15-7-8-16(2)20(13-15)22-21(26)24-11-9-23(10-12-24)19-6-4-5-18(14-19)17(3)25/h4-8,13-14H,9-12H2,1-3H3,(H,22,26). The number of Topliss-reactive ketones (excluding diaryl/α,β-unsaturated/α-hetero) is 1. The first kappa shape index (κ1) is 18.0. The van der Waals surface area contributed by atoms with Gasteiger partial charge in [0.2, 0.25) is 0 Å². The van der Waals surface area contributed by atoms with E-state index < -0.39 is 0 Å². The number of nitrogens with zero attached hydrogens (tertiary/aromatic N) is 2. The number of aryl methyl sites for hydroxylation is 2. The van der Waals surface area contributed by atoms with Crippen LogP contribution < -0.4 is 10.2 Å². The van der Waals surface area contributed by atoms with E-state index in [2.05, 4.69) is 10.2 Å². The zero-order chi connectivity index (χ0) is 18.7. The maximum atomic E-state index is 12.6. The van der Waals surface area contributed by atoms with Gasteiger partial charge in [0.15, 0.2) is 5.78 Å². The van der Waals surface area contributed by atoms with Crippen LogP contribution in [0.1, 0.15) is 28.4 Å². The van der Waals surface area contributed by atoms with Crippen molar-refractivity contribution in [1.82, 2.24) is 4.90 Å². The van der Waals surface area contributed by atoms with Crippen molar-refractivity contribution in [1.29, 1.82) is 0 Å². The number of hydrogen-bond donors (Lipinski definition) is 1. The van der Waals surface area contributed by atoms with Gasteiger partial charge < -0.3 is 15.1 Å². The van der Waals surface area contributed by atoms with Gasteiger partial charge in [0, 0.05) is 43.1 Å². The van der Waals surface area contributed by atoms with Crippen LogP contribution in [0.3, 0.4) is 0 Å². The molecule has 5 nitrogen and oxygen atoms in total. The molecule has 136 valence electrons. The third-order valence-corrected chi connectivity index (χ3v) is 4.82. The molecule has 26 heavy (non-hydrogen) atoms. The Bertz CT molecular complexity index is 824. The van der Waals surface area contributed by atoms with Gasteiger partial charge in [-0.2, -0.15) is 0 Å². The second-order valence-corrected chi connectivity index (χ2v) is 6.83. The summed E-state index contributed by atoms with van der Waals surface area (Å²) in [6.45, 7) is 8.40. The molecule has 0 bridgehead atoms. The quantitative estimate of drug-likeness (QED) is 0.855. The number of piperazine rings is 1. The molecule has 1 aliphatic rings. The molecule has 1 saturated heterocycles. The molecule has 2 amide bonds. The van der Waals surface area contributed by atoms with E-state index in [1.54, 1.807) is 6.92 Å². The molecule has 5 heteroatoms. The molecule has 2 aromatic carbocycles. The molecule has 1 aliphatic heterocycles. The van der Waals surface area contributed by atoms with Gasteiger partial charge >= 0.3 is 6.03 Å². The molecule has 0 spiro atoms. The molecular formula is C21H25N3O2. The molecule has 3 rings (SSSR count). The summed E-state index contributed by atoms with van der Waals surface area (Å²) in [6, 6.07) is 13.7. The summed E-state index contributed by atoms with van der Waals surface area (Å²) in [4.78, 5) is 28.2. The van der Waals surface area contributed by atoms with Crippen LogP contribution in [-0.2, 0) is 0 Å². The smallest absolute Gasteiger partial charge is 0.321 e. The van der Waals surface area contributed by atoms with Crippen molar-refractivity contribution >= 4 is 23.2 Å². The van der Waals surface area contributed by atoms with Crippen molar-refractivity contribution in [3.63, 3.8) is 0 Å². The van der Waals surface area contributed by atoms with E-state index >= 15 is 0 Å². The largest absolute Gasteiger partial charge is 0.368 e. The van der Waals surface area contributed by atoms with Gasteiger partial charge in [-0.05, 0) is 50.1 Å². The van der Waals surface area contributed by atoms with E-state index in [0.717, 1.165) is 41.2 Å². The molecule has 0 aromatic heterocycles. The van der Waals surface area contributed by atoms with Crippen molar-refractivity contribution < 1.29 is 9.59 Å². The van der Waals surface area contributed by atoms with E-state index in [-0.39, 0.29) is 11.8 Å². The highest BCUT2D eigenvalue weighted by atomic mass is 16.2. The topological polar surface area (TPSA) is 52.7 Å². The third kappa shape index (κ3) is 4.04. The monoisotopic (exact) mass is 351 g/mol. The van der Waals surface area contributed by atoms with E-state index in [1.807, 2.05) is 61.2 Å². The Morgan fingerprint density at radius 1 is 0.962 bits per heavy atom. The van der Waals surface area contributed by atoms with Crippen LogP contribution >= 0.6 is 0 Å². The lowest BCUT2D eigenvalue weighted by Crippen LogP contribution is -2.50. The summed E-state index contributed by atoms with van der Waals surface area (Å²) in [5.74, 6) is 0.0680. The maximum Gasteiger partial charge on any atom is 0.321 e. The van der Waals surface area contributed by atoms with Gasteiger partial charge in [-0.3, -0.25) is 4.79 Å². The molecular weight excluding hydrogens is 326 g/mol. The van der Waals surface area contributed by atoms with Gasteiger partial charge in [0.05, 0.1) is 0 Å². The van der Waals surface area contributed by atoms with Crippen LogP contribution in [0, 0.1) is 13.8 Å². The first-order valence-corrected chi connectivity index (χ1v) is 8.93. The maximum absolute atomic E-state index is 12.6. The van der Waals surface area contributed by atoms with Crippen LogP contribution in [0.4, 0.5) is 16.2 Å².